The van der Waals surface area contributed by atoms with Gasteiger partial charge < -0.3 is 9.63 Å². The van der Waals surface area contributed by atoms with Crippen LogP contribution < -0.4 is 0 Å². The van der Waals surface area contributed by atoms with E-state index in [1.54, 1.807) is 11.8 Å². The lowest BCUT2D eigenvalue weighted by atomic mass is 9.96. The predicted octanol–water partition coefficient (Wildman–Crippen LogP) is 1.98. The van der Waals surface area contributed by atoms with Crippen molar-refractivity contribution < 1.29 is 9.63 Å². The Morgan fingerprint density at radius 1 is 1.47 bits per heavy atom. The summed E-state index contributed by atoms with van der Waals surface area (Å²) in [5.74, 6) is 2.02. The zero-order valence-corrected chi connectivity index (χ0v) is 10.5. The zero-order valence-electron chi connectivity index (χ0n) is 9.65. The lowest BCUT2D eigenvalue weighted by molar-refractivity contribution is 0.300. The van der Waals surface area contributed by atoms with Crippen molar-refractivity contribution in [3.8, 4) is 0 Å². The molecule has 0 saturated heterocycles. The van der Waals surface area contributed by atoms with Crippen LogP contribution in [0.4, 0.5) is 0 Å². The summed E-state index contributed by atoms with van der Waals surface area (Å²) in [5, 5.41) is 13.0. The summed E-state index contributed by atoms with van der Waals surface area (Å²) in [5.41, 5.74) is -0.0744. The van der Waals surface area contributed by atoms with E-state index in [1.807, 2.05) is 27.7 Å². The number of hydrogen-bond donors (Lipinski definition) is 1. The average molecular weight is 230 g/mol. The van der Waals surface area contributed by atoms with Gasteiger partial charge in [0.05, 0.1) is 12.4 Å². The van der Waals surface area contributed by atoms with Crippen LogP contribution in [0, 0.1) is 0 Å². The molecular weight excluding hydrogens is 212 g/mol. The quantitative estimate of drug-likeness (QED) is 0.857. The van der Waals surface area contributed by atoms with E-state index in [0.717, 1.165) is 5.82 Å². The van der Waals surface area contributed by atoms with Crippen molar-refractivity contribution in [3.05, 3.63) is 11.7 Å². The molecule has 0 aromatic carbocycles. The van der Waals surface area contributed by atoms with E-state index < -0.39 is 0 Å². The van der Waals surface area contributed by atoms with Crippen LogP contribution >= 0.6 is 11.8 Å². The molecule has 0 saturated carbocycles. The number of nitrogens with zero attached hydrogens (tertiary/aromatic N) is 2. The van der Waals surface area contributed by atoms with Gasteiger partial charge in [0, 0.05) is 10.7 Å². The average Bonchev–Trinajstić information content (AvgIpc) is 2.61. The van der Waals surface area contributed by atoms with Crippen LogP contribution in [-0.4, -0.2) is 27.1 Å². The third-order valence-electron chi connectivity index (χ3n) is 1.89. The summed E-state index contributed by atoms with van der Waals surface area (Å²) in [4.78, 5) is 4.31. The minimum atomic E-state index is -0.0744. The first-order valence-corrected chi connectivity index (χ1v) is 6.04. The molecule has 15 heavy (non-hydrogen) atoms. The first-order chi connectivity index (χ1) is 6.93. The third-order valence-corrected chi connectivity index (χ3v) is 3.02. The van der Waals surface area contributed by atoms with Gasteiger partial charge in [-0.2, -0.15) is 4.98 Å². The highest BCUT2D eigenvalue weighted by Crippen LogP contribution is 2.21. The topological polar surface area (TPSA) is 59.2 Å². The summed E-state index contributed by atoms with van der Waals surface area (Å²) in [6.07, 6.45) is 0. The number of hydrogen-bond acceptors (Lipinski definition) is 5. The molecule has 1 N–H and O–H groups in total. The van der Waals surface area contributed by atoms with E-state index in [1.165, 1.54) is 0 Å². The standard InChI is InChI=1S/C10H18N2O2S/c1-7(5-13)15-6-8-11-9(12-14-8)10(2,3)4/h7,13H,5-6H2,1-4H3. The molecule has 1 aromatic rings. The van der Waals surface area contributed by atoms with Crippen LogP contribution in [0.1, 0.15) is 39.4 Å². The normalized spacial score (nSPS) is 14.2. The van der Waals surface area contributed by atoms with Crippen LogP contribution in [0.2, 0.25) is 0 Å². The van der Waals surface area contributed by atoms with Crippen molar-refractivity contribution in [2.24, 2.45) is 0 Å². The zero-order chi connectivity index (χ0) is 11.5. The molecule has 0 amide bonds. The Bertz CT molecular complexity index is 307. The highest BCUT2D eigenvalue weighted by Gasteiger charge is 2.20. The van der Waals surface area contributed by atoms with Gasteiger partial charge >= 0.3 is 0 Å². The van der Waals surface area contributed by atoms with Gasteiger partial charge in [0.25, 0.3) is 0 Å². The molecule has 0 radical (unpaired) electrons. The molecular formula is C10H18N2O2S. The van der Waals surface area contributed by atoms with E-state index in [0.29, 0.717) is 11.6 Å². The fraction of sp³-hybridized carbons (Fsp3) is 0.800. The highest BCUT2D eigenvalue weighted by molar-refractivity contribution is 7.99. The Kier molecular flexibility index (Phi) is 4.16. The predicted molar refractivity (Wildman–Crippen MR) is 60.8 cm³/mol. The summed E-state index contributed by atoms with van der Waals surface area (Å²) in [6, 6.07) is 0. The van der Waals surface area contributed by atoms with Gasteiger partial charge in [-0.1, -0.05) is 32.9 Å². The molecule has 1 rings (SSSR count). The number of rotatable bonds is 4. The van der Waals surface area contributed by atoms with Crippen LogP contribution in [-0.2, 0) is 11.2 Å². The Labute approximate surface area is 94.5 Å². The first kappa shape index (κ1) is 12.5. The smallest absolute Gasteiger partial charge is 0.236 e. The molecule has 0 aliphatic rings. The van der Waals surface area contributed by atoms with E-state index in [4.69, 9.17) is 9.63 Å². The minimum absolute atomic E-state index is 0.0744. The monoisotopic (exact) mass is 230 g/mol. The van der Waals surface area contributed by atoms with Crippen LogP contribution in [0.25, 0.3) is 0 Å². The molecule has 86 valence electrons. The number of aliphatic hydroxyl groups excluding tert-OH is 1. The van der Waals surface area contributed by atoms with E-state index >= 15 is 0 Å². The van der Waals surface area contributed by atoms with Crippen LogP contribution in [0.5, 0.6) is 0 Å². The van der Waals surface area contributed by atoms with Gasteiger partial charge in [0.15, 0.2) is 5.82 Å². The largest absolute Gasteiger partial charge is 0.395 e. The van der Waals surface area contributed by atoms with Crippen molar-refractivity contribution in [3.63, 3.8) is 0 Å². The molecule has 0 bridgehead atoms. The van der Waals surface area contributed by atoms with Crippen LogP contribution in [0.15, 0.2) is 4.52 Å². The molecule has 1 unspecified atom stereocenters. The maximum atomic E-state index is 8.86. The fourth-order valence-corrected chi connectivity index (χ4v) is 1.53. The highest BCUT2D eigenvalue weighted by atomic mass is 32.2. The van der Waals surface area contributed by atoms with Gasteiger partial charge in [-0.15, -0.1) is 11.8 Å². The lowest BCUT2D eigenvalue weighted by Crippen LogP contribution is -2.13. The molecule has 0 fully saturated rings. The maximum Gasteiger partial charge on any atom is 0.236 e. The lowest BCUT2D eigenvalue weighted by Gasteiger charge is -2.10. The van der Waals surface area contributed by atoms with E-state index in [-0.39, 0.29) is 17.3 Å². The van der Waals surface area contributed by atoms with Gasteiger partial charge in [-0.25, -0.2) is 0 Å². The number of thioether (sulfide) groups is 1. The van der Waals surface area contributed by atoms with E-state index in [2.05, 4.69) is 10.1 Å². The van der Waals surface area contributed by atoms with Crippen molar-refractivity contribution in [1.82, 2.24) is 10.1 Å². The van der Waals surface area contributed by atoms with Gasteiger partial charge in [-0.3, -0.25) is 0 Å². The molecule has 4 nitrogen and oxygen atoms in total. The molecule has 5 heteroatoms. The molecule has 0 aliphatic carbocycles. The Morgan fingerprint density at radius 3 is 2.60 bits per heavy atom. The molecule has 1 atom stereocenters. The Balaban J connectivity index is 2.54. The number of aliphatic hydroxyl groups is 1. The third kappa shape index (κ3) is 3.83. The Hall–Kier alpha value is -0.550. The van der Waals surface area contributed by atoms with Crippen LogP contribution in [0.3, 0.4) is 0 Å². The molecule has 1 aromatic heterocycles. The Morgan fingerprint density at radius 2 is 2.13 bits per heavy atom. The van der Waals surface area contributed by atoms with Crippen molar-refractivity contribution in [2.75, 3.05) is 6.61 Å². The summed E-state index contributed by atoms with van der Waals surface area (Å²) >= 11 is 1.61. The summed E-state index contributed by atoms with van der Waals surface area (Å²) in [6.45, 7) is 8.28. The number of aromatic nitrogens is 2. The summed E-state index contributed by atoms with van der Waals surface area (Å²) < 4.78 is 5.12. The van der Waals surface area contributed by atoms with Gasteiger partial charge in [0.2, 0.25) is 5.89 Å². The molecule has 1 heterocycles. The van der Waals surface area contributed by atoms with Crippen molar-refractivity contribution in [1.29, 1.82) is 0 Å². The second kappa shape index (κ2) is 4.99. The fourth-order valence-electron chi connectivity index (χ4n) is 0.884. The second-order valence-corrected chi connectivity index (χ2v) is 5.99. The van der Waals surface area contributed by atoms with Gasteiger partial charge in [-0.05, 0) is 0 Å². The minimum Gasteiger partial charge on any atom is -0.395 e. The summed E-state index contributed by atoms with van der Waals surface area (Å²) in [7, 11) is 0. The second-order valence-electron chi connectivity index (χ2n) is 4.57. The molecule has 0 aliphatic heterocycles. The van der Waals surface area contributed by atoms with Crippen molar-refractivity contribution >= 4 is 11.8 Å². The first-order valence-electron chi connectivity index (χ1n) is 4.99. The maximum absolute atomic E-state index is 8.86. The van der Waals surface area contributed by atoms with Crippen molar-refractivity contribution in [2.45, 2.75) is 44.1 Å². The molecule has 0 spiro atoms. The SMILES string of the molecule is CC(CO)SCc1nc(C(C)(C)C)no1. The van der Waals surface area contributed by atoms with E-state index in [9.17, 15) is 0 Å². The van der Waals surface area contributed by atoms with Gasteiger partial charge in [0.1, 0.15) is 0 Å².